The van der Waals surface area contributed by atoms with Gasteiger partial charge in [0, 0.05) is 12.0 Å². The lowest BCUT2D eigenvalue weighted by Gasteiger charge is -1.92. The van der Waals surface area contributed by atoms with Crippen LogP contribution in [-0.4, -0.2) is 30.0 Å². The molecule has 6 nitrogen and oxygen atoms in total. The van der Waals surface area contributed by atoms with Gasteiger partial charge in [0.15, 0.2) is 10.8 Å². The van der Waals surface area contributed by atoms with E-state index >= 15 is 0 Å². The molecule has 0 aliphatic heterocycles. The lowest BCUT2D eigenvalue weighted by Crippen LogP contribution is -1.93. The highest BCUT2D eigenvalue weighted by atomic mass is 32.1. The van der Waals surface area contributed by atoms with Crippen LogP contribution in [0.3, 0.4) is 0 Å². The summed E-state index contributed by atoms with van der Waals surface area (Å²) in [6, 6.07) is 12.1. The quantitative estimate of drug-likeness (QED) is 0.631. The van der Waals surface area contributed by atoms with E-state index in [2.05, 4.69) is 25.5 Å². The van der Waals surface area contributed by atoms with Crippen molar-refractivity contribution in [3.05, 3.63) is 42.2 Å². The van der Waals surface area contributed by atoms with Gasteiger partial charge in [-0.25, -0.2) is 0 Å². The lowest BCUT2D eigenvalue weighted by atomic mass is 10.1. The van der Waals surface area contributed by atoms with Crippen LogP contribution in [-0.2, 0) is 6.42 Å². The second-order valence-corrected chi connectivity index (χ2v) is 5.56. The zero-order chi connectivity index (χ0) is 14.2. The Hall–Kier alpha value is -2.54. The zero-order valence-electron chi connectivity index (χ0n) is 11.3. The number of hydrogen-bond acceptors (Lipinski definition) is 5. The predicted molar refractivity (Wildman–Crippen MR) is 81.1 cm³/mol. The van der Waals surface area contributed by atoms with Gasteiger partial charge in [-0.05, 0) is 6.07 Å². The van der Waals surface area contributed by atoms with Crippen LogP contribution in [0.25, 0.3) is 26.9 Å². The van der Waals surface area contributed by atoms with Gasteiger partial charge in [-0.15, -0.1) is 10.2 Å². The molecule has 0 fully saturated rings. The Kier molecular flexibility index (Phi) is 2.78. The van der Waals surface area contributed by atoms with E-state index in [0.717, 1.165) is 39.2 Å². The summed E-state index contributed by atoms with van der Waals surface area (Å²) in [5.74, 6) is 0.871. The van der Waals surface area contributed by atoms with Crippen molar-refractivity contribution in [2.75, 3.05) is 0 Å². The summed E-state index contributed by atoms with van der Waals surface area (Å²) in [5, 5.41) is 21.1. The third-order valence-corrected chi connectivity index (χ3v) is 4.18. The van der Waals surface area contributed by atoms with Crippen LogP contribution in [0.5, 0.6) is 0 Å². The minimum atomic E-state index is 0.803. The monoisotopic (exact) mass is 296 g/mol. The van der Waals surface area contributed by atoms with E-state index in [4.69, 9.17) is 0 Å². The number of aromatic nitrogens is 6. The normalized spacial score (nSPS) is 11.3. The van der Waals surface area contributed by atoms with Gasteiger partial charge < -0.3 is 0 Å². The van der Waals surface area contributed by atoms with E-state index in [1.807, 2.05) is 43.3 Å². The number of H-pyrrole nitrogens is 1. The Balaban J connectivity index is 1.75. The van der Waals surface area contributed by atoms with Crippen LogP contribution in [0.2, 0.25) is 0 Å². The predicted octanol–water partition coefficient (Wildman–Crippen LogP) is 2.81. The summed E-state index contributed by atoms with van der Waals surface area (Å²) in [6.07, 6.45) is 0.808. The standard InChI is InChI=1S/C14H12N6S/c1-2-12-17-18-14-20(12)19-13(21-14)11-8-10(15-16-11)9-6-4-3-5-7-9/h3-8H,2H2,1H3,(H,15,16). The fraction of sp³-hybridized carbons (Fsp3) is 0.143. The average molecular weight is 296 g/mol. The van der Waals surface area contributed by atoms with Gasteiger partial charge in [0.05, 0.1) is 11.4 Å². The molecule has 0 aliphatic rings. The largest absolute Gasteiger partial charge is 0.275 e. The molecule has 0 unspecified atom stereocenters. The minimum Gasteiger partial charge on any atom is -0.275 e. The lowest BCUT2D eigenvalue weighted by molar-refractivity contribution is 0.836. The SMILES string of the molecule is CCc1nnc2sc(-c3cc(-c4ccccc4)n[nH]3)nn12. The molecule has 3 heterocycles. The number of nitrogens with one attached hydrogen (secondary N) is 1. The summed E-state index contributed by atoms with van der Waals surface area (Å²) in [4.78, 5) is 0.803. The first-order valence-electron chi connectivity index (χ1n) is 6.67. The van der Waals surface area contributed by atoms with E-state index in [1.165, 1.54) is 11.3 Å². The molecule has 0 aliphatic carbocycles. The molecule has 4 aromatic rings. The molecule has 0 spiro atoms. The van der Waals surface area contributed by atoms with Crippen molar-refractivity contribution in [3.8, 4) is 22.0 Å². The fourth-order valence-electron chi connectivity index (χ4n) is 2.17. The molecule has 0 atom stereocenters. The van der Waals surface area contributed by atoms with Crippen LogP contribution in [0.4, 0.5) is 0 Å². The summed E-state index contributed by atoms with van der Waals surface area (Å²) >= 11 is 1.50. The highest BCUT2D eigenvalue weighted by Crippen LogP contribution is 2.27. The maximum atomic E-state index is 4.56. The topological polar surface area (TPSA) is 71.8 Å². The van der Waals surface area contributed by atoms with Crippen molar-refractivity contribution in [1.29, 1.82) is 0 Å². The molecule has 0 saturated carbocycles. The summed E-state index contributed by atoms with van der Waals surface area (Å²) in [6.45, 7) is 2.04. The van der Waals surface area contributed by atoms with Crippen LogP contribution < -0.4 is 0 Å². The van der Waals surface area contributed by atoms with Gasteiger partial charge in [-0.3, -0.25) is 5.10 Å². The van der Waals surface area contributed by atoms with Crippen molar-refractivity contribution in [3.63, 3.8) is 0 Å². The van der Waals surface area contributed by atoms with Crippen LogP contribution in [0.15, 0.2) is 36.4 Å². The Morgan fingerprint density at radius 3 is 2.86 bits per heavy atom. The highest BCUT2D eigenvalue weighted by molar-refractivity contribution is 7.19. The van der Waals surface area contributed by atoms with Gasteiger partial charge in [-0.2, -0.15) is 14.7 Å². The number of hydrogen-bond donors (Lipinski definition) is 1. The Bertz CT molecular complexity index is 889. The average Bonchev–Trinajstić information content (AvgIpc) is 3.22. The van der Waals surface area contributed by atoms with E-state index in [1.54, 1.807) is 4.52 Å². The number of rotatable bonds is 3. The Morgan fingerprint density at radius 1 is 1.19 bits per heavy atom. The number of benzene rings is 1. The van der Waals surface area contributed by atoms with Crippen molar-refractivity contribution in [1.82, 2.24) is 30.0 Å². The third kappa shape index (κ3) is 2.02. The van der Waals surface area contributed by atoms with Gasteiger partial charge in [0.2, 0.25) is 4.96 Å². The second-order valence-electron chi connectivity index (χ2n) is 4.60. The van der Waals surface area contributed by atoms with Crippen LogP contribution >= 0.6 is 11.3 Å². The fourth-order valence-corrected chi connectivity index (χ4v) is 3.00. The van der Waals surface area contributed by atoms with Gasteiger partial charge >= 0.3 is 0 Å². The van der Waals surface area contributed by atoms with Crippen LogP contribution in [0, 0.1) is 0 Å². The molecule has 0 amide bonds. The molecular formula is C14H12N6S. The molecule has 0 bridgehead atoms. The van der Waals surface area contributed by atoms with Crippen molar-refractivity contribution in [2.45, 2.75) is 13.3 Å². The smallest absolute Gasteiger partial charge is 0.235 e. The summed E-state index contributed by atoms with van der Waals surface area (Å²) < 4.78 is 1.79. The molecule has 3 aromatic heterocycles. The van der Waals surface area contributed by atoms with Crippen molar-refractivity contribution in [2.24, 2.45) is 0 Å². The molecule has 104 valence electrons. The Morgan fingerprint density at radius 2 is 2.05 bits per heavy atom. The van der Waals surface area contributed by atoms with E-state index < -0.39 is 0 Å². The van der Waals surface area contributed by atoms with Crippen molar-refractivity contribution >= 4 is 16.3 Å². The summed E-state index contributed by atoms with van der Waals surface area (Å²) in [5.41, 5.74) is 2.89. The van der Waals surface area contributed by atoms with E-state index in [-0.39, 0.29) is 0 Å². The van der Waals surface area contributed by atoms with E-state index in [0.29, 0.717) is 0 Å². The number of fused-ring (bicyclic) bond motifs is 1. The maximum Gasteiger partial charge on any atom is 0.235 e. The van der Waals surface area contributed by atoms with Crippen LogP contribution in [0.1, 0.15) is 12.7 Å². The first-order valence-corrected chi connectivity index (χ1v) is 7.49. The molecule has 21 heavy (non-hydrogen) atoms. The third-order valence-electron chi connectivity index (χ3n) is 3.25. The van der Waals surface area contributed by atoms with Gasteiger partial charge in [-0.1, -0.05) is 48.6 Å². The number of nitrogens with zero attached hydrogens (tertiary/aromatic N) is 5. The molecule has 0 saturated heterocycles. The molecule has 0 radical (unpaired) electrons. The Labute approximate surface area is 124 Å². The molecule has 1 aromatic carbocycles. The maximum absolute atomic E-state index is 4.56. The van der Waals surface area contributed by atoms with Crippen molar-refractivity contribution < 1.29 is 0 Å². The molecular weight excluding hydrogens is 284 g/mol. The zero-order valence-corrected chi connectivity index (χ0v) is 12.1. The first-order chi connectivity index (χ1) is 10.3. The molecule has 7 heteroatoms. The molecule has 4 rings (SSSR count). The number of aryl methyl sites for hydroxylation is 1. The number of aromatic amines is 1. The first kappa shape index (κ1) is 12.2. The summed E-state index contributed by atoms with van der Waals surface area (Å²) in [7, 11) is 0. The molecule has 1 N–H and O–H groups in total. The highest BCUT2D eigenvalue weighted by Gasteiger charge is 2.14. The minimum absolute atomic E-state index is 0.803. The van der Waals surface area contributed by atoms with Gasteiger partial charge in [0.1, 0.15) is 0 Å². The van der Waals surface area contributed by atoms with E-state index in [9.17, 15) is 0 Å². The van der Waals surface area contributed by atoms with Gasteiger partial charge in [0.25, 0.3) is 0 Å². The second kappa shape index (κ2) is 4.78.